The van der Waals surface area contributed by atoms with E-state index >= 15 is 0 Å². The van der Waals surface area contributed by atoms with Crippen LogP contribution in [0.3, 0.4) is 0 Å². The van der Waals surface area contributed by atoms with Gasteiger partial charge in [0.2, 0.25) is 0 Å². The van der Waals surface area contributed by atoms with Gasteiger partial charge < -0.3 is 9.21 Å². The van der Waals surface area contributed by atoms with E-state index in [4.69, 9.17) is 0 Å². The highest BCUT2D eigenvalue weighted by Gasteiger charge is 2.29. The zero-order chi connectivity index (χ0) is 24.9. The van der Waals surface area contributed by atoms with Crippen LogP contribution in [0.5, 0.6) is 0 Å². The second kappa shape index (κ2) is 11.6. The minimum Gasteiger partial charge on any atom is -0.373 e. The van der Waals surface area contributed by atoms with E-state index in [0.717, 1.165) is 62.1 Å². The maximum Gasteiger partial charge on any atom is 0.278 e. The number of para-hydroxylation sites is 1. The van der Waals surface area contributed by atoms with E-state index in [1.165, 1.54) is 24.2 Å². The van der Waals surface area contributed by atoms with Gasteiger partial charge >= 0.3 is 0 Å². The van der Waals surface area contributed by atoms with Crippen LogP contribution in [0, 0.1) is 5.92 Å². The minimum absolute atomic E-state index is 0.117. The quantitative estimate of drug-likeness (QED) is 0.364. The van der Waals surface area contributed by atoms with Crippen molar-refractivity contribution < 1.29 is 8.78 Å². The third kappa shape index (κ3) is 6.34. The number of benzene rings is 2. The molecular formula is C28H33F2N5S. The average Bonchev–Trinajstić information content (AvgIpc) is 3.64. The molecule has 5 nitrogen and oxygen atoms in total. The standard InChI is InChI=1S/C28H33F2N5S/c1-21(23-11-12-23)34-15-13-33(14-16-34)17-18-36-35(25-5-3-2-4-6-25)20-22-7-9-24(10-8-22)26-19-27(28(29)30)32-31-26/h2-10,23,28H,1,11-20H2. The predicted octanol–water partition coefficient (Wildman–Crippen LogP) is 5.70. The number of rotatable bonds is 11. The van der Waals surface area contributed by atoms with E-state index < -0.39 is 6.43 Å². The Morgan fingerprint density at radius 3 is 2.36 bits per heavy atom. The molecule has 2 aliphatic heterocycles. The van der Waals surface area contributed by atoms with Gasteiger partial charge in [0.05, 0.1) is 12.3 Å². The lowest BCUT2D eigenvalue weighted by molar-refractivity contribution is 0.162. The highest BCUT2D eigenvalue weighted by Crippen LogP contribution is 2.37. The van der Waals surface area contributed by atoms with E-state index in [1.807, 2.05) is 30.1 Å². The van der Waals surface area contributed by atoms with E-state index in [-0.39, 0.29) is 12.1 Å². The van der Waals surface area contributed by atoms with Crippen molar-refractivity contribution in [1.29, 1.82) is 0 Å². The molecule has 36 heavy (non-hydrogen) atoms. The van der Waals surface area contributed by atoms with Crippen LogP contribution in [-0.2, 0) is 6.54 Å². The number of anilines is 1. The fraction of sp³-hybridized carbons (Fsp3) is 0.429. The first-order chi connectivity index (χ1) is 17.6. The van der Waals surface area contributed by atoms with Crippen molar-refractivity contribution in [3.63, 3.8) is 0 Å². The first-order valence-electron chi connectivity index (χ1n) is 12.7. The lowest BCUT2D eigenvalue weighted by Crippen LogP contribution is -2.46. The molecule has 3 aliphatic rings. The SMILES string of the molecule is C=C(C1CC1)N1CCN(CCSN(Cc2ccc(C3=NN=C(C(F)F)C3)cc2)c2ccccc2)CC1. The molecule has 0 aromatic heterocycles. The van der Waals surface area contributed by atoms with Gasteiger partial charge in [-0.25, -0.2) is 8.78 Å². The second-order valence-electron chi connectivity index (χ2n) is 9.61. The highest BCUT2D eigenvalue weighted by molar-refractivity contribution is 8.00. The maximum absolute atomic E-state index is 12.9. The van der Waals surface area contributed by atoms with Gasteiger partial charge in [-0.2, -0.15) is 10.2 Å². The fourth-order valence-corrected chi connectivity index (χ4v) is 5.71. The summed E-state index contributed by atoms with van der Waals surface area (Å²) in [5.41, 5.74) is 4.98. The van der Waals surface area contributed by atoms with Crippen LogP contribution in [0.25, 0.3) is 0 Å². The van der Waals surface area contributed by atoms with Gasteiger partial charge in [-0.15, -0.1) is 0 Å². The van der Waals surface area contributed by atoms with Crippen molar-refractivity contribution in [3.8, 4) is 0 Å². The molecule has 1 saturated carbocycles. The van der Waals surface area contributed by atoms with E-state index in [0.29, 0.717) is 5.71 Å². The molecule has 0 spiro atoms. The number of alkyl halides is 2. The van der Waals surface area contributed by atoms with Gasteiger partial charge in [-0.05, 0) is 54.0 Å². The van der Waals surface area contributed by atoms with Crippen molar-refractivity contribution in [2.45, 2.75) is 32.2 Å². The summed E-state index contributed by atoms with van der Waals surface area (Å²) in [6.07, 6.45) is 0.201. The normalized spacial score (nSPS) is 18.4. The molecular weight excluding hydrogens is 476 g/mol. The van der Waals surface area contributed by atoms with Gasteiger partial charge in [-0.1, -0.05) is 49.0 Å². The number of hydrogen-bond donors (Lipinski definition) is 0. The average molecular weight is 510 g/mol. The summed E-state index contributed by atoms with van der Waals surface area (Å²) in [5, 5.41) is 7.59. The topological polar surface area (TPSA) is 34.4 Å². The van der Waals surface area contributed by atoms with Crippen molar-refractivity contribution >= 4 is 29.1 Å². The molecule has 1 aliphatic carbocycles. The largest absolute Gasteiger partial charge is 0.373 e. The van der Waals surface area contributed by atoms with Crippen LogP contribution < -0.4 is 4.31 Å². The summed E-state index contributed by atoms with van der Waals surface area (Å²) in [5.74, 6) is 1.76. The Kier molecular flexibility index (Phi) is 8.02. The summed E-state index contributed by atoms with van der Waals surface area (Å²) in [4.78, 5) is 5.04. The molecule has 2 aromatic rings. The van der Waals surface area contributed by atoms with Crippen molar-refractivity contribution in [2.75, 3.05) is 42.8 Å². The molecule has 2 fully saturated rings. The third-order valence-corrected chi connectivity index (χ3v) is 8.06. The summed E-state index contributed by atoms with van der Waals surface area (Å²) >= 11 is 1.85. The number of hydrogen-bond acceptors (Lipinski definition) is 6. The van der Waals surface area contributed by atoms with E-state index in [1.54, 1.807) is 0 Å². The molecule has 2 aromatic carbocycles. The zero-order valence-corrected chi connectivity index (χ0v) is 21.3. The smallest absolute Gasteiger partial charge is 0.278 e. The summed E-state index contributed by atoms with van der Waals surface area (Å²) < 4.78 is 28.1. The molecule has 2 heterocycles. The highest BCUT2D eigenvalue weighted by atomic mass is 32.2. The Bertz CT molecular complexity index is 1090. The zero-order valence-electron chi connectivity index (χ0n) is 20.5. The summed E-state index contributed by atoms with van der Waals surface area (Å²) in [6.45, 7) is 10.5. The van der Waals surface area contributed by atoms with Crippen LogP contribution >= 0.6 is 11.9 Å². The fourth-order valence-electron chi connectivity index (χ4n) is 4.64. The number of nitrogens with zero attached hydrogens (tertiary/aromatic N) is 5. The lowest BCUT2D eigenvalue weighted by Gasteiger charge is -2.37. The van der Waals surface area contributed by atoms with Crippen LogP contribution in [-0.4, -0.2) is 66.1 Å². The Hall–Kier alpha value is -2.71. The van der Waals surface area contributed by atoms with Crippen LogP contribution in [0.1, 0.15) is 30.4 Å². The first-order valence-corrected chi connectivity index (χ1v) is 13.6. The molecule has 0 bridgehead atoms. The molecule has 1 saturated heterocycles. The van der Waals surface area contributed by atoms with Crippen molar-refractivity contribution in [2.24, 2.45) is 16.1 Å². The Labute approximate surface area is 216 Å². The van der Waals surface area contributed by atoms with Gasteiger partial charge in [0.1, 0.15) is 5.71 Å². The van der Waals surface area contributed by atoms with Crippen molar-refractivity contribution in [3.05, 3.63) is 78.0 Å². The molecule has 8 heteroatoms. The number of piperazine rings is 1. The second-order valence-corrected chi connectivity index (χ2v) is 10.7. The molecule has 5 rings (SSSR count). The molecule has 0 radical (unpaired) electrons. The van der Waals surface area contributed by atoms with Crippen molar-refractivity contribution in [1.82, 2.24) is 9.80 Å². The monoisotopic (exact) mass is 509 g/mol. The third-order valence-electron chi connectivity index (χ3n) is 7.04. The maximum atomic E-state index is 12.9. The molecule has 0 atom stereocenters. The predicted molar refractivity (Wildman–Crippen MR) is 146 cm³/mol. The number of allylic oxidation sites excluding steroid dienone is 1. The van der Waals surface area contributed by atoms with Crippen LogP contribution in [0.15, 0.2) is 77.1 Å². The Morgan fingerprint density at radius 2 is 1.72 bits per heavy atom. The Morgan fingerprint density at radius 1 is 1.00 bits per heavy atom. The molecule has 0 amide bonds. The van der Waals surface area contributed by atoms with Crippen LogP contribution in [0.2, 0.25) is 0 Å². The number of halogens is 2. The van der Waals surface area contributed by atoms with Gasteiger partial charge in [0.25, 0.3) is 6.43 Å². The minimum atomic E-state index is -2.55. The summed E-state index contributed by atoms with van der Waals surface area (Å²) in [6, 6.07) is 18.5. The first kappa shape index (κ1) is 25.0. The van der Waals surface area contributed by atoms with E-state index in [9.17, 15) is 8.78 Å². The molecule has 0 N–H and O–H groups in total. The van der Waals surface area contributed by atoms with Crippen LogP contribution in [0.4, 0.5) is 14.5 Å². The van der Waals surface area contributed by atoms with Gasteiger partial charge in [-0.3, -0.25) is 4.90 Å². The molecule has 190 valence electrons. The van der Waals surface area contributed by atoms with Gasteiger partial charge in [0, 0.05) is 56.3 Å². The Balaban J connectivity index is 1.14. The summed E-state index contributed by atoms with van der Waals surface area (Å²) in [7, 11) is 0. The van der Waals surface area contributed by atoms with Gasteiger partial charge in [0.15, 0.2) is 0 Å². The lowest BCUT2D eigenvalue weighted by atomic mass is 10.0. The van der Waals surface area contributed by atoms with E-state index in [2.05, 4.69) is 67.3 Å². The molecule has 0 unspecified atom stereocenters.